The molecule has 3 N–H and O–H groups in total. The number of hydrogen-bond acceptors (Lipinski definition) is 4. The standard InChI is InChI=1S/C8H12N2OS/c1-8(2,11)6-3-4-10-7(5-6)12-9/h3-5,11H,9H2,1-2H3. The molecular formula is C8H12N2OS. The summed E-state index contributed by atoms with van der Waals surface area (Å²) >= 11 is 1.08. The molecule has 0 saturated carbocycles. The van der Waals surface area contributed by atoms with Crippen molar-refractivity contribution in [2.45, 2.75) is 24.5 Å². The second-order valence-corrected chi connectivity index (χ2v) is 3.71. The van der Waals surface area contributed by atoms with Crippen LogP contribution in [0.25, 0.3) is 0 Å². The van der Waals surface area contributed by atoms with Crippen LogP contribution in [0.3, 0.4) is 0 Å². The molecule has 1 heterocycles. The SMILES string of the molecule is CC(C)(O)c1ccnc(SN)c1. The van der Waals surface area contributed by atoms with Crippen molar-refractivity contribution in [2.24, 2.45) is 5.14 Å². The van der Waals surface area contributed by atoms with Crippen LogP contribution in [0.2, 0.25) is 0 Å². The minimum Gasteiger partial charge on any atom is -0.386 e. The highest BCUT2D eigenvalue weighted by atomic mass is 32.2. The average molecular weight is 184 g/mol. The average Bonchev–Trinajstić information content (AvgIpc) is 2.03. The van der Waals surface area contributed by atoms with Crippen molar-refractivity contribution in [3.05, 3.63) is 23.9 Å². The molecule has 0 spiro atoms. The van der Waals surface area contributed by atoms with Gasteiger partial charge in [-0.05, 0) is 43.5 Å². The van der Waals surface area contributed by atoms with Crippen LogP contribution in [0.5, 0.6) is 0 Å². The number of nitrogens with two attached hydrogens (primary N) is 1. The first-order valence-corrected chi connectivity index (χ1v) is 4.47. The molecule has 12 heavy (non-hydrogen) atoms. The van der Waals surface area contributed by atoms with Gasteiger partial charge in [-0.25, -0.2) is 4.98 Å². The topological polar surface area (TPSA) is 59.1 Å². The van der Waals surface area contributed by atoms with Gasteiger partial charge in [0.15, 0.2) is 0 Å². The van der Waals surface area contributed by atoms with E-state index in [1.165, 1.54) is 0 Å². The van der Waals surface area contributed by atoms with Gasteiger partial charge in [0.2, 0.25) is 0 Å². The number of nitrogens with zero attached hydrogens (tertiary/aromatic N) is 1. The van der Waals surface area contributed by atoms with Gasteiger partial charge in [0.25, 0.3) is 0 Å². The Kier molecular flexibility index (Phi) is 2.72. The van der Waals surface area contributed by atoms with Gasteiger partial charge in [-0.3, -0.25) is 5.14 Å². The zero-order valence-corrected chi connectivity index (χ0v) is 7.93. The molecule has 0 aliphatic carbocycles. The molecule has 0 radical (unpaired) electrons. The summed E-state index contributed by atoms with van der Waals surface area (Å²) in [6.07, 6.45) is 1.64. The lowest BCUT2D eigenvalue weighted by atomic mass is 10.0. The lowest BCUT2D eigenvalue weighted by molar-refractivity contribution is 0.0782. The maximum Gasteiger partial charge on any atom is 0.111 e. The fourth-order valence-electron chi connectivity index (χ4n) is 0.854. The maximum atomic E-state index is 9.63. The van der Waals surface area contributed by atoms with E-state index in [2.05, 4.69) is 4.98 Å². The zero-order valence-electron chi connectivity index (χ0n) is 7.11. The van der Waals surface area contributed by atoms with Crippen LogP contribution in [-0.4, -0.2) is 10.1 Å². The van der Waals surface area contributed by atoms with Crippen molar-refractivity contribution in [1.82, 2.24) is 4.98 Å². The summed E-state index contributed by atoms with van der Waals surface area (Å²) in [5, 5.41) is 15.7. The molecule has 0 atom stereocenters. The van der Waals surface area contributed by atoms with Crippen molar-refractivity contribution in [3.8, 4) is 0 Å². The summed E-state index contributed by atoms with van der Waals surface area (Å²) in [6, 6.07) is 3.56. The lowest BCUT2D eigenvalue weighted by Gasteiger charge is -2.17. The van der Waals surface area contributed by atoms with E-state index in [4.69, 9.17) is 5.14 Å². The first-order chi connectivity index (χ1) is 5.54. The van der Waals surface area contributed by atoms with Crippen LogP contribution in [0.15, 0.2) is 23.4 Å². The molecule has 1 aromatic heterocycles. The van der Waals surface area contributed by atoms with Crippen LogP contribution < -0.4 is 5.14 Å². The quantitative estimate of drug-likeness (QED) is 0.680. The summed E-state index contributed by atoms with van der Waals surface area (Å²) in [5.41, 5.74) is -0.00148. The van der Waals surface area contributed by atoms with E-state index in [-0.39, 0.29) is 0 Å². The van der Waals surface area contributed by atoms with Gasteiger partial charge in [-0.15, -0.1) is 0 Å². The Hall–Kier alpha value is -0.580. The molecule has 66 valence electrons. The highest BCUT2D eigenvalue weighted by Gasteiger charge is 2.15. The van der Waals surface area contributed by atoms with Gasteiger partial charge in [0.05, 0.1) is 5.60 Å². The third kappa shape index (κ3) is 2.20. The zero-order chi connectivity index (χ0) is 9.19. The Bertz CT molecular complexity index is 270. The fraction of sp³-hybridized carbons (Fsp3) is 0.375. The molecule has 1 aromatic rings. The minimum absolute atomic E-state index is 0.717. The second kappa shape index (κ2) is 3.43. The van der Waals surface area contributed by atoms with E-state index in [1.807, 2.05) is 0 Å². The Morgan fingerprint density at radius 1 is 1.58 bits per heavy atom. The summed E-state index contributed by atoms with van der Waals surface area (Å²) in [6.45, 7) is 3.46. The molecule has 3 nitrogen and oxygen atoms in total. The van der Waals surface area contributed by atoms with Gasteiger partial charge in [-0.1, -0.05) is 0 Å². The molecule has 0 amide bonds. The Morgan fingerprint density at radius 2 is 2.25 bits per heavy atom. The Morgan fingerprint density at radius 3 is 2.75 bits per heavy atom. The van der Waals surface area contributed by atoms with Gasteiger partial charge < -0.3 is 5.11 Å². The van der Waals surface area contributed by atoms with E-state index in [0.29, 0.717) is 0 Å². The first-order valence-electron chi connectivity index (χ1n) is 3.59. The monoisotopic (exact) mass is 184 g/mol. The van der Waals surface area contributed by atoms with Crippen LogP contribution in [-0.2, 0) is 5.60 Å². The largest absolute Gasteiger partial charge is 0.386 e. The van der Waals surface area contributed by atoms with Crippen LogP contribution in [0, 0.1) is 0 Å². The minimum atomic E-state index is -0.826. The van der Waals surface area contributed by atoms with E-state index in [0.717, 1.165) is 22.5 Å². The summed E-state index contributed by atoms with van der Waals surface area (Å²) in [4.78, 5) is 4.00. The van der Waals surface area contributed by atoms with Gasteiger partial charge in [0, 0.05) is 6.20 Å². The van der Waals surface area contributed by atoms with Gasteiger partial charge in [0.1, 0.15) is 5.03 Å². The molecule has 0 fully saturated rings. The molecular weight excluding hydrogens is 172 g/mol. The molecule has 0 aliphatic heterocycles. The number of rotatable bonds is 2. The number of hydrogen-bond donors (Lipinski definition) is 2. The highest BCUT2D eigenvalue weighted by Crippen LogP contribution is 2.21. The fourth-order valence-corrected chi connectivity index (χ4v) is 1.17. The van der Waals surface area contributed by atoms with Crippen LogP contribution in [0.1, 0.15) is 19.4 Å². The van der Waals surface area contributed by atoms with E-state index in [9.17, 15) is 5.11 Å². The van der Waals surface area contributed by atoms with Crippen molar-refractivity contribution in [1.29, 1.82) is 0 Å². The van der Waals surface area contributed by atoms with E-state index in [1.54, 1.807) is 32.2 Å². The third-order valence-electron chi connectivity index (χ3n) is 1.56. The van der Waals surface area contributed by atoms with E-state index >= 15 is 0 Å². The summed E-state index contributed by atoms with van der Waals surface area (Å²) in [7, 11) is 0. The highest BCUT2D eigenvalue weighted by molar-refractivity contribution is 7.97. The lowest BCUT2D eigenvalue weighted by Crippen LogP contribution is -2.15. The van der Waals surface area contributed by atoms with Crippen LogP contribution >= 0.6 is 11.9 Å². The normalized spacial score (nSPS) is 11.7. The molecule has 1 rings (SSSR count). The third-order valence-corrected chi connectivity index (χ3v) is 2.03. The summed E-state index contributed by atoms with van der Waals surface area (Å²) < 4.78 is 0. The molecule has 0 bridgehead atoms. The summed E-state index contributed by atoms with van der Waals surface area (Å²) in [5.74, 6) is 0. The molecule has 4 heteroatoms. The Balaban J connectivity index is 3.02. The number of aromatic nitrogens is 1. The van der Waals surface area contributed by atoms with Gasteiger partial charge >= 0.3 is 0 Å². The van der Waals surface area contributed by atoms with Crippen molar-refractivity contribution in [3.63, 3.8) is 0 Å². The predicted octanol–water partition coefficient (Wildman–Crippen LogP) is 1.27. The number of pyridine rings is 1. The van der Waals surface area contributed by atoms with Crippen molar-refractivity contribution >= 4 is 11.9 Å². The molecule has 0 unspecified atom stereocenters. The Labute approximate surface area is 76.1 Å². The maximum absolute atomic E-state index is 9.63. The van der Waals surface area contributed by atoms with Crippen molar-refractivity contribution in [2.75, 3.05) is 0 Å². The van der Waals surface area contributed by atoms with E-state index < -0.39 is 5.60 Å². The smallest absolute Gasteiger partial charge is 0.111 e. The second-order valence-electron chi connectivity index (χ2n) is 3.06. The van der Waals surface area contributed by atoms with Crippen molar-refractivity contribution < 1.29 is 5.11 Å². The first kappa shape index (κ1) is 9.51. The number of aliphatic hydroxyl groups is 1. The van der Waals surface area contributed by atoms with Gasteiger partial charge in [-0.2, -0.15) is 0 Å². The molecule has 0 saturated heterocycles. The molecule has 0 aromatic carbocycles. The molecule has 0 aliphatic rings. The van der Waals surface area contributed by atoms with Crippen LogP contribution in [0.4, 0.5) is 0 Å². The predicted molar refractivity (Wildman–Crippen MR) is 49.5 cm³/mol.